The Morgan fingerprint density at radius 3 is 2.00 bits per heavy atom. The van der Waals surface area contributed by atoms with Crippen LogP contribution < -0.4 is 0 Å². The van der Waals surface area contributed by atoms with Gasteiger partial charge in [0.05, 0.1) is 5.25 Å². The fourth-order valence-electron chi connectivity index (χ4n) is 0.192. The Hall–Kier alpha value is -0.530. The average Bonchev–Trinajstić information content (AvgIpc) is 1.59. The zero-order valence-corrected chi connectivity index (χ0v) is 6.07. The lowest BCUT2D eigenvalue weighted by Crippen LogP contribution is -1.91. The molecule has 0 spiro atoms. The second-order valence-electron chi connectivity index (χ2n) is 1.88. The van der Waals surface area contributed by atoms with Crippen molar-refractivity contribution in [1.82, 2.24) is 0 Å². The van der Waals surface area contributed by atoms with Gasteiger partial charge in [-0.15, -0.1) is 0 Å². The first-order valence-electron chi connectivity index (χ1n) is 2.41. The lowest BCUT2D eigenvalue weighted by atomic mass is 10.2. The molecule has 4 heteroatoms. The van der Waals surface area contributed by atoms with Gasteiger partial charge < -0.3 is 0 Å². The van der Waals surface area contributed by atoms with Crippen LogP contribution in [0.5, 0.6) is 0 Å². The molecule has 3 nitrogen and oxygen atoms in total. The Labute approximate surface area is 54.8 Å². The van der Waals surface area contributed by atoms with E-state index in [1.165, 1.54) is 0 Å². The highest BCUT2D eigenvalue weighted by atomic mass is 32.2. The second-order valence-corrected chi connectivity index (χ2v) is 3.03. The number of hydrogen-bond donors (Lipinski definition) is 1. The summed E-state index contributed by atoms with van der Waals surface area (Å²) in [5.41, 5.74) is 0. The summed E-state index contributed by atoms with van der Waals surface area (Å²) in [5, 5.41) is 1.70. The molecule has 0 unspecified atom stereocenters. The van der Waals surface area contributed by atoms with Crippen LogP contribution in [0.3, 0.4) is 0 Å². The summed E-state index contributed by atoms with van der Waals surface area (Å²) in [6.45, 7) is 3.47. The van der Waals surface area contributed by atoms with Gasteiger partial charge in [0.2, 0.25) is 0 Å². The van der Waals surface area contributed by atoms with Crippen molar-refractivity contribution >= 4 is 10.1 Å². The van der Waals surface area contributed by atoms with E-state index < -0.39 is 10.1 Å². The fraction of sp³-hybridized carbons (Fsp3) is 0.600. The van der Waals surface area contributed by atoms with Crippen LogP contribution in [0.25, 0.3) is 0 Å². The van der Waals surface area contributed by atoms with Crippen molar-refractivity contribution in [3.63, 3.8) is 0 Å². The van der Waals surface area contributed by atoms with Crippen LogP contribution in [0, 0.1) is 17.1 Å². The zero-order chi connectivity index (χ0) is 7.49. The van der Waals surface area contributed by atoms with E-state index in [1.54, 1.807) is 19.1 Å². The predicted molar refractivity (Wildman–Crippen MR) is 34.2 cm³/mol. The molecule has 0 fully saturated rings. The van der Waals surface area contributed by atoms with E-state index in [4.69, 9.17) is 4.55 Å². The minimum atomic E-state index is -4.08. The van der Waals surface area contributed by atoms with Gasteiger partial charge in [-0.2, -0.15) is 8.42 Å². The third-order valence-electron chi connectivity index (χ3n) is 0.477. The lowest BCUT2D eigenvalue weighted by molar-refractivity contribution is 0.496. The van der Waals surface area contributed by atoms with Gasteiger partial charge in [-0.3, -0.25) is 4.55 Å². The first kappa shape index (κ1) is 8.47. The maximum atomic E-state index is 9.92. The molecule has 0 aromatic heterocycles. The van der Waals surface area contributed by atoms with Crippen molar-refractivity contribution in [2.24, 2.45) is 5.92 Å². The van der Waals surface area contributed by atoms with Crippen molar-refractivity contribution in [3.8, 4) is 11.2 Å². The van der Waals surface area contributed by atoms with Crippen LogP contribution in [0.2, 0.25) is 0 Å². The second kappa shape index (κ2) is 2.85. The van der Waals surface area contributed by atoms with Gasteiger partial charge in [0.1, 0.15) is 0 Å². The molecule has 0 aliphatic heterocycles. The van der Waals surface area contributed by atoms with Gasteiger partial charge in [0, 0.05) is 5.92 Å². The highest BCUT2D eigenvalue weighted by molar-refractivity contribution is 7.90. The van der Waals surface area contributed by atoms with E-state index in [1.807, 2.05) is 0 Å². The summed E-state index contributed by atoms with van der Waals surface area (Å²) in [7, 11) is -4.08. The third kappa shape index (κ3) is 7.47. The Morgan fingerprint density at radius 1 is 1.44 bits per heavy atom. The molecule has 0 heterocycles. The first-order chi connectivity index (χ1) is 3.92. The molecule has 52 valence electrons. The van der Waals surface area contributed by atoms with Gasteiger partial charge in [0.25, 0.3) is 0 Å². The zero-order valence-electron chi connectivity index (χ0n) is 5.25. The minimum absolute atomic E-state index is 0.0353. The van der Waals surface area contributed by atoms with Crippen molar-refractivity contribution in [1.29, 1.82) is 0 Å². The molecule has 0 radical (unpaired) electrons. The largest absolute Gasteiger partial charge is 0.335 e. The standard InChI is InChI=1S/C5H8O3S/c1-5(2)3-4-9(6,7)8/h5H,1-2H3,(H,6,7,8). The molecule has 0 bridgehead atoms. The molecular formula is C5H8O3S. The normalized spacial score (nSPS) is 10.7. The maximum Gasteiger partial charge on any atom is 0.335 e. The van der Waals surface area contributed by atoms with Gasteiger partial charge in [-0.25, -0.2) is 0 Å². The topological polar surface area (TPSA) is 54.4 Å². The number of rotatable bonds is 0. The molecule has 0 aliphatic rings. The van der Waals surface area contributed by atoms with Crippen molar-refractivity contribution in [3.05, 3.63) is 0 Å². The van der Waals surface area contributed by atoms with Crippen LogP contribution in [0.15, 0.2) is 0 Å². The highest BCUT2D eigenvalue weighted by Crippen LogP contribution is 1.86. The molecule has 0 saturated heterocycles. The van der Waals surface area contributed by atoms with Gasteiger partial charge in [0.15, 0.2) is 0 Å². The summed E-state index contributed by atoms with van der Waals surface area (Å²) >= 11 is 0. The quantitative estimate of drug-likeness (QED) is 0.402. The molecule has 0 aliphatic carbocycles. The minimum Gasteiger partial charge on any atom is -0.276 e. The predicted octanol–water partition coefficient (Wildman–Crippen LogP) is 0.491. The van der Waals surface area contributed by atoms with Crippen molar-refractivity contribution in [2.45, 2.75) is 13.8 Å². The summed E-state index contributed by atoms with van der Waals surface area (Å²) in [4.78, 5) is 0. The Kier molecular flexibility index (Phi) is 2.68. The van der Waals surface area contributed by atoms with Gasteiger partial charge in [-0.1, -0.05) is 19.8 Å². The Balaban J connectivity index is 4.23. The van der Waals surface area contributed by atoms with Crippen LogP contribution in [0.4, 0.5) is 0 Å². The van der Waals surface area contributed by atoms with Crippen LogP contribution in [0.1, 0.15) is 13.8 Å². The van der Waals surface area contributed by atoms with Gasteiger partial charge in [-0.05, 0) is 0 Å². The van der Waals surface area contributed by atoms with E-state index in [2.05, 4.69) is 5.92 Å². The van der Waals surface area contributed by atoms with E-state index in [0.717, 1.165) is 0 Å². The Morgan fingerprint density at radius 2 is 1.89 bits per heavy atom. The molecule has 0 saturated carbocycles. The molecule has 0 rings (SSSR count). The first-order valence-corrected chi connectivity index (χ1v) is 3.85. The Bertz CT molecular complexity index is 227. The molecule has 1 N–H and O–H groups in total. The maximum absolute atomic E-state index is 9.92. The van der Waals surface area contributed by atoms with Crippen LogP contribution in [-0.2, 0) is 10.1 Å². The highest BCUT2D eigenvalue weighted by Gasteiger charge is 1.93. The summed E-state index contributed by atoms with van der Waals surface area (Å²) in [5.74, 6) is 2.26. The van der Waals surface area contributed by atoms with Crippen LogP contribution in [-0.4, -0.2) is 13.0 Å². The lowest BCUT2D eigenvalue weighted by Gasteiger charge is -1.84. The van der Waals surface area contributed by atoms with Gasteiger partial charge >= 0.3 is 10.1 Å². The van der Waals surface area contributed by atoms with E-state index in [9.17, 15) is 8.42 Å². The molecule has 0 atom stereocenters. The molecule has 9 heavy (non-hydrogen) atoms. The molecular weight excluding hydrogens is 140 g/mol. The smallest absolute Gasteiger partial charge is 0.276 e. The summed E-state index contributed by atoms with van der Waals surface area (Å²) < 4.78 is 27.9. The molecule has 0 aromatic carbocycles. The van der Waals surface area contributed by atoms with E-state index in [-0.39, 0.29) is 5.92 Å². The molecule has 0 aromatic rings. The summed E-state index contributed by atoms with van der Waals surface area (Å²) in [6, 6.07) is 0. The fourth-order valence-corrected chi connectivity index (χ4v) is 0.577. The summed E-state index contributed by atoms with van der Waals surface area (Å²) in [6.07, 6.45) is 0. The number of hydrogen-bond acceptors (Lipinski definition) is 2. The van der Waals surface area contributed by atoms with Crippen molar-refractivity contribution in [2.75, 3.05) is 0 Å². The third-order valence-corrected chi connectivity index (χ3v) is 0.852. The monoisotopic (exact) mass is 148 g/mol. The van der Waals surface area contributed by atoms with E-state index in [0.29, 0.717) is 0 Å². The van der Waals surface area contributed by atoms with E-state index >= 15 is 0 Å². The van der Waals surface area contributed by atoms with Crippen molar-refractivity contribution < 1.29 is 13.0 Å². The average molecular weight is 148 g/mol. The SMILES string of the molecule is CC(C)C#CS(=O)(=O)O. The molecule has 0 amide bonds. The van der Waals surface area contributed by atoms with Crippen LogP contribution >= 0.6 is 0 Å².